The van der Waals surface area contributed by atoms with Crippen molar-refractivity contribution in [2.45, 2.75) is 19.0 Å². The average molecular weight is 294 g/mol. The summed E-state index contributed by atoms with van der Waals surface area (Å²) < 4.78 is 5.32. The van der Waals surface area contributed by atoms with Crippen molar-refractivity contribution in [3.05, 3.63) is 71.3 Å². The molecule has 0 spiro atoms. The van der Waals surface area contributed by atoms with Crippen molar-refractivity contribution < 1.29 is 4.74 Å². The fourth-order valence-electron chi connectivity index (χ4n) is 2.85. The van der Waals surface area contributed by atoms with Gasteiger partial charge in [0.1, 0.15) is 0 Å². The third kappa shape index (κ3) is 3.55. The van der Waals surface area contributed by atoms with Gasteiger partial charge in [-0.2, -0.15) is 0 Å². The van der Waals surface area contributed by atoms with Crippen LogP contribution in [0.15, 0.2) is 59.6 Å². The number of aliphatic imine (C=N–C) groups is 1. The van der Waals surface area contributed by atoms with Crippen LogP contribution in [0.1, 0.15) is 22.7 Å². The van der Waals surface area contributed by atoms with Crippen molar-refractivity contribution in [3.8, 4) is 0 Å². The number of hydrogen-bond donors (Lipinski definition) is 0. The van der Waals surface area contributed by atoms with Gasteiger partial charge in [0.25, 0.3) is 0 Å². The van der Waals surface area contributed by atoms with E-state index in [1.807, 2.05) is 24.5 Å². The summed E-state index contributed by atoms with van der Waals surface area (Å²) in [6.45, 7) is 2.56. The van der Waals surface area contributed by atoms with Crippen LogP contribution >= 0.6 is 0 Å². The van der Waals surface area contributed by atoms with Gasteiger partial charge in [-0.15, -0.1) is 0 Å². The van der Waals surface area contributed by atoms with Crippen LogP contribution in [0.4, 0.5) is 0 Å². The first-order valence-electron chi connectivity index (χ1n) is 7.75. The zero-order valence-corrected chi connectivity index (χ0v) is 13.0. The van der Waals surface area contributed by atoms with E-state index in [4.69, 9.17) is 9.73 Å². The Balaban J connectivity index is 1.70. The quantitative estimate of drug-likeness (QED) is 0.623. The standard InChI is InChI=1S/C19H22N2O/c1-22-14-19(17-8-3-2-4-9-17)20-15-21-12-11-16-7-5-6-10-18(16)13-21/h2-10,15,19H,11-14H2,1H3/t19-/m1/s1. The van der Waals surface area contributed by atoms with Crippen LogP contribution < -0.4 is 0 Å². The highest BCUT2D eigenvalue weighted by Gasteiger charge is 2.14. The molecule has 1 atom stereocenters. The van der Waals surface area contributed by atoms with E-state index < -0.39 is 0 Å². The Hall–Kier alpha value is -2.13. The number of fused-ring (bicyclic) bond motifs is 1. The van der Waals surface area contributed by atoms with E-state index in [0.29, 0.717) is 6.61 Å². The van der Waals surface area contributed by atoms with Gasteiger partial charge in [0.2, 0.25) is 0 Å². The third-order valence-corrected chi connectivity index (χ3v) is 4.08. The second-order valence-corrected chi connectivity index (χ2v) is 5.64. The second kappa shape index (κ2) is 7.23. The molecule has 0 saturated heterocycles. The molecule has 1 heterocycles. The molecule has 1 aliphatic rings. The number of benzene rings is 2. The molecule has 3 rings (SSSR count). The number of methoxy groups -OCH3 is 1. The van der Waals surface area contributed by atoms with E-state index in [-0.39, 0.29) is 6.04 Å². The van der Waals surface area contributed by atoms with Gasteiger partial charge in [-0.05, 0) is 23.1 Å². The highest BCUT2D eigenvalue weighted by atomic mass is 16.5. The van der Waals surface area contributed by atoms with Gasteiger partial charge in [-0.1, -0.05) is 54.6 Å². The maximum absolute atomic E-state index is 5.32. The Morgan fingerprint density at radius 2 is 1.82 bits per heavy atom. The maximum atomic E-state index is 5.32. The molecule has 0 bridgehead atoms. The highest BCUT2D eigenvalue weighted by molar-refractivity contribution is 5.57. The normalized spacial score (nSPS) is 15.8. The molecule has 2 aromatic rings. The average Bonchev–Trinajstić information content (AvgIpc) is 2.59. The molecule has 0 amide bonds. The van der Waals surface area contributed by atoms with Crippen molar-refractivity contribution >= 4 is 6.34 Å². The van der Waals surface area contributed by atoms with Crippen molar-refractivity contribution in [1.29, 1.82) is 0 Å². The van der Waals surface area contributed by atoms with Crippen molar-refractivity contribution in [3.63, 3.8) is 0 Å². The van der Waals surface area contributed by atoms with Crippen LogP contribution in [0.2, 0.25) is 0 Å². The van der Waals surface area contributed by atoms with Crippen LogP contribution in [0.5, 0.6) is 0 Å². The zero-order valence-electron chi connectivity index (χ0n) is 13.0. The molecule has 3 heteroatoms. The highest BCUT2D eigenvalue weighted by Crippen LogP contribution is 2.20. The van der Waals surface area contributed by atoms with Crippen molar-refractivity contribution in [2.24, 2.45) is 4.99 Å². The minimum absolute atomic E-state index is 0.0587. The largest absolute Gasteiger partial charge is 0.382 e. The van der Waals surface area contributed by atoms with Gasteiger partial charge in [0.05, 0.1) is 19.0 Å². The molecular weight excluding hydrogens is 272 g/mol. The molecule has 22 heavy (non-hydrogen) atoms. The van der Waals surface area contributed by atoms with Gasteiger partial charge in [0.15, 0.2) is 0 Å². The Morgan fingerprint density at radius 3 is 2.59 bits per heavy atom. The van der Waals surface area contributed by atoms with E-state index in [1.165, 1.54) is 16.7 Å². The summed E-state index contributed by atoms with van der Waals surface area (Å²) >= 11 is 0. The molecular formula is C19H22N2O. The lowest BCUT2D eigenvalue weighted by Gasteiger charge is -2.27. The lowest BCUT2D eigenvalue weighted by Crippen LogP contribution is -2.29. The molecule has 0 aliphatic carbocycles. The fourth-order valence-corrected chi connectivity index (χ4v) is 2.85. The Morgan fingerprint density at radius 1 is 1.09 bits per heavy atom. The van der Waals surface area contributed by atoms with Crippen LogP contribution in [0.3, 0.4) is 0 Å². The molecule has 0 aromatic heterocycles. The lowest BCUT2D eigenvalue weighted by molar-refractivity contribution is 0.181. The van der Waals surface area contributed by atoms with Crippen LogP contribution in [0, 0.1) is 0 Å². The summed E-state index contributed by atoms with van der Waals surface area (Å²) in [5.74, 6) is 0. The first kappa shape index (κ1) is 14.8. The number of hydrogen-bond acceptors (Lipinski definition) is 2. The molecule has 3 nitrogen and oxygen atoms in total. The second-order valence-electron chi connectivity index (χ2n) is 5.64. The predicted octanol–water partition coefficient (Wildman–Crippen LogP) is 3.46. The van der Waals surface area contributed by atoms with E-state index in [2.05, 4.69) is 41.3 Å². The monoisotopic (exact) mass is 294 g/mol. The Kier molecular flexibility index (Phi) is 4.86. The summed E-state index contributed by atoms with van der Waals surface area (Å²) in [6.07, 6.45) is 3.08. The molecule has 1 aliphatic heterocycles. The number of nitrogens with zero attached hydrogens (tertiary/aromatic N) is 2. The molecule has 0 saturated carbocycles. The minimum Gasteiger partial charge on any atom is -0.382 e. The van der Waals surface area contributed by atoms with Gasteiger partial charge >= 0.3 is 0 Å². The molecule has 0 radical (unpaired) electrons. The van der Waals surface area contributed by atoms with Crippen molar-refractivity contribution in [1.82, 2.24) is 4.90 Å². The van der Waals surface area contributed by atoms with Gasteiger partial charge in [-0.3, -0.25) is 4.99 Å². The number of rotatable bonds is 5. The lowest BCUT2D eigenvalue weighted by atomic mass is 10.0. The first-order chi connectivity index (χ1) is 10.9. The minimum atomic E-state index is 0.0587. The molecule has 0 fully saturated rings. The predicted molar refractivity (Wildman–Crippen MR) is 90.1 cm³/mol. The Bertz CT molecular complexity index is 624. The topological polar surface area (TPSA) is 24.8 Å². The van der Waals surface area contributed by atoms with Gasteiger partial charge < -0.3 is 9.64 Å². The summed E-state index contributed by atoms with van der Waals surface area (Å²) in [5, 5.41) is 0. The maximum Gasteiger partial charge on any atom is 0.0999 e. The Labute approximate surface area is 132 Å². The van der Waals surface area contributed by atoms with Gasteiger partial charge in [-0.25, -0.2) is 0 Å². The summed E-state index contributed by atoms with van der Waals surface area (Å²) in [4.78, 5) is 7.04. The van der Waals surface area contributed by atoms with Gasteiger partial charge in [0, 0.05) is 20.2 Å². The van der Waals surface area contributed by atoms with E-state index in [1.54, 1.807) is 7.11 Å². The molecule has 0 unspecified atom stereocenters. The summed E-state index contributed by atoms with van der Waals surface area (Å²) in [6, 6.07) is 19.0. The van der Waals surface area contributed by atoms with E-state index in [0.717, 1.165) is 19.5 Å². The smallest absolute Gasteiger partial charge is 0.0999 e. The van der Waals surface area contributed by atoms with Crippen molar-refractivity contribution in [2.75, 3.05) is 20.3 Å². The molecule has 0 N–H and O–H groups in total. The summed E-state index contributed by atoms with van der Waals surface area (Å²) in [7, 11) is 1.72. The third-order valence-electron chi connectivity index (χ3n) is 4.08. The SMILES string of the molecule is COC[C@@H](N=CN1CCc2ccccc2C1)c1ccccc1. The van der Waals surface area contributed by atoms with E-state index >= 15 is 0 Å². The first-order valence-corrected chi connectivity index (χ1v) is 7.75. The molecule has 114 valence electrons. The van der Waals surface area contributed by atoms with Crippen LogP contribution in [-0.4, -0.2) is 31.5 Å². The van der Waals surface area contributed by atoms with Crippen LogP contribution in [-0.2, 0) is 17.7 Å². The fraction of sp³-hybridized carbons (Fsp3) is 0.316. The van der Waals surface area contributed by atoms with E-state index in [9.17, 15) is 0 Å². The molecule has 2 aromatic carbocycles. The van der Waals surface area contributed by atoms with Crippen LogP contribution in [0.25, 0.3) is 0 Å². The zero-order chi connectivity index (χ0) is 15.2. The number of ether oxygens (including phenoxy) is 1. The summed E-state index contributed by atoms with van der Waals surface area (Å²) in [5.41, 5.74) is 4.06.